The Kier molecular flexibility index (Phi) is 4.32. The van der Waals surface area contributed by atoms with Crippen LogP contribution in [0.5, 0.6) is 0 Å². The lowest BCUT2D eigenvalue weighted by molar-refractivity contribution is 0.0703. The fourth-order valence-corrected chi connectivity index (χ4v) is 7.95. The van der Waals surface area contributed by atoms with Crippen LogP contribution in [0.2, 0.25) is 0 Å². The van der Waals surface area contributed by atoms with Crippen molar-refractivity contribution in [1.82, 2.24) is 18.6 Å². The summed E-state index contributed by atoms with van der Waals surface area (Å²) in [6.07, 6.45) is 1.95. The molecule has 1 aliphatic heterocycles. The Morgan fingerprint density at radius 1 is 1.14 bits per heavy atom. The molecule has 1 fully saturated rings. The van der Waals surface area contributed by atoms with Gasteiger partial charge >= 0.3 is 0 Å². The molecule has 0 aromatic carbocycles. The molecule has 28 heavy (non-hydrogen) atoms. The second kappa shape index (κ2) is 6.63. The Balaban J connectivity index is 1.32. The second-order valence-electron chi connectivity index (χ2n) is 6.53. The minimum absolute atomic E-state index is 0.0593. The maximum absolute atomic E-state index is 12.9. The van der Waals surface area contributed by atoms with E-state index in [4.69, 9.17) is 0 Å². The van der Waals surface area contributed by atoms with Crippen LogP contribution in [0.1, 0.15) is 14.5 Å². The average Bonchev–Trinajstić information content (AvgIpc) is 3.43. The van der Waals surface area contributed by atoms with Crippen LogP contribution in [-0.4, -0.2) is 59.1 Å². The highest BCUT2D eigenvalue weighted by Crippen LogP contribution is 2.30. The number of aromatic nitrogens is 2. The molecule has 4 aromatic rings. The first-order valence-electron chi connectivity index (χ1n) is 8.64. The number of imidazole rings is 1. The van der Waals surface area contributed by atoms with Crippen LogP contribution in [-0.2, 0) is 10.0 Å². The zero-order valence-electron chi connectivity index (χ0n) is 14.9. The van der Waals surface area contributed by atoms with E-state index in [-0.39, 0.29) is 5.91 Å². The number of amides is 1. The third-order valence-electron chi connectivity index (χ3n) is 4.79. The van der Waals surface area contributed by atoms with Crippen molar-refractivity contribution in [3.05, 3.63) is 39.5 Å². The zero-order valence-corrected chi connectivity index (χ0v) is 18.1. The number of thiazole rings is 1. The lowest BCUT2D eigenvalue weighted by atomic mass is 10.3. The maximum atomic E-state index is 12.9. The molecule has 4 aromatic heterocycles. The number of carbonyl (C=O) groups is 1. The van der Waals surface area contributed by atoms with Gasteiger partial charge in [-0.1, -0.05) is 0 Å². The fraction of sp³-hybridized carbons (Fsp3) is 0.294. The zero-order chi connectivity index (χ0) is 19.5. The van der Waals surface area contributed by atoms with E-state index in [0.29, 0.717) is 35.3 Å². The summed E-state index contributed by atoms with van der Waals surface area (Å²) < 4.78 is 29.3. The predicted molar refractivity (Wildman–Crippen MR) is 112 cm³/mol. The largest absolute Gasteiger partial charge is 0.335 e. The first kappa shape index (κ1) is 18.3. The molecule has 1 saturated heterocycles. The fourth-order valence-electron chi connectivity index (χ4n) is 3.32. The number of fused-ring (bicyclic) bond motifs is 3. The molecule has 0 radical (unpaired) electrons. The van der Waals surface area contributed by atoms with Gasteiger partial charge in [-0.2, -0.15) is 4.31 Å². The molecule has 146 valence electrons. The van der Waals surface area contributed by atoms with E-state index >= 15 is 0 Å². The van der Waals surface area contributed by atoms with Gasteiger partial charge < -0.3 is 4.90 Å². The van der Waals surface area contributed by atoms with Crippen molar-refractivity contribution in [2.45, 2.75) is 11.1 Å². The molecule has 7 nitrogen and oxygen atoms in total. The van der Waals surface area contributed by atoms with Gasteiger partial charge in [-0.25, -0.2) is 13.4 Å². The molecular weight excluding hydrogens is 436 g/mol. The number of rotatable bonds is 3. The maximum Gasteiger partial charge on any atom is 0.264 e. The topological polar surface area (TPSA) is 75.0 Å². The van der Waals surface area contributed by atoms with Gasteiger partial charge in [0.1, 0.15) is 9.04 Å². The molecule has 5 rings (SSSR count). The number of hydrogen-bond acceptors (Lipinski definition) is 7. The lowest BCUT2D eigenvalue weighted by Crippen LogP contribution is -2.50. The van der Waals surface area contributed by atoms with Gasteiger partial charge in [0.2, 0.25) is 0 Å². The van der Waals surface area contributed by atoms with Gasteiger partial charge in [-0.15, -0.1) is 34.0 Å². The van der Waals surface area contributed by atoms with Gasteiger partial charge in [0.15, 0.2) is 4.96 Å². The summed E-state index contributed by atoms with van der Waals surface area (Å²) in [4.78, 5) is 22.6. The Morgan fingerprint density at radius 3 is 2.64 bits per heavy atom. The molecule has 0 N–H and O–H groups in total. The number of sulfonamides is 1. The van der Waals surface area contributed by atoms with E-state index < -0.39 is 10.0 Å². The highest BCUT2D eigenvalue weighted by molar-refractivity contribution is 7.91. The minimum Gasteiger partial charge on any atom is -0.335 e. The first-order chi connectivity index (χ1) is 13.4. The number of carbonyl (C=O) groups excluding carboxylic acids is 1. The standard InChI is InChI=1S/C17H16N4O3S4/c1-11-2-3-14(26-11)28(23,24)20-6-4-19(5-7-20)16(22)13-10-12-15(27-13)18-17-21(12)8-9-25-17/h2-3,8-10H,4-7H2,1H3. The SMILES string of the molecule is Cc1ccc(S(=O)(=O)N2CCN(C(=O)c3cc4c(nc5sccn54)s3)CC2)s1. The molecular formula is C17H16N4O3S4. The summed E-state index contributed by atoms with van der Waals surface area (Å²) in [6.45, 7) is 3.29. The molecule has 0 atom stereocenters. The second-order valence-corrected chi connectivity index (χ2v) is 11.9. The number of thiophene rings is 2. The van der Waals surface area contributed by atoms with Crippen LogP contribution in [0.25, 0.3) is 15.3 Å². The number of piperazine rings is 1. The summed E-state index contributed by atoms with van der Waals surface area (Å²) in [6, 6.07) is 5.35. The monoisotopic (exact) mass is 452 g/mol. The number of hydrogen-bond donors (Lipinski definition) is 0. The Morgan fingerprint density at radius 2 is 1.93 bits per heavy atom. The quantitative estimate of drug-likeness (QED) is 0.479. The van der Waals surface area contributed by atoms with Crippen LogP contribution >= 0.6 is 34.0 Å². The highest BCUT2D eigenvalue weighted by atomic mass is 32.2. The van der Waals surface area contributed by atoms with Gasteiger partial charge in [0.05, 0.1) is 10.4 Å². The van der Waals surface area contributed by atoms with Crippen LogP contribution in [0.15, 0.2) is 34.0 Å². The summed E-state index contributed by atoms with van der Waals surface area (Å²) in [5, 5.41) is 1.97. The predicted octanol–water partition coefficient (Wildman–Crippen LogP) is 3.13. The lowest BCUT2D eigenvalue weighted by Gasteiger charge is -2.33. The first-order valence-corrected chi connectivity index (χ1v) is 12.6. The number of aryl methyl sites for hydroxylation is 1. The Hall–Kier alpha value is -1.79. The van der Waals surface area contributed by atoms with Gasteiger partial charge in [0, 0.05) is 42.6 Å². The molecule has 1 aliphatic rings. The van der Waals surface area contributed by atoms with E-state index in [2.05, 4.69) is 4.98 Å². The van der Waals surface area contributed by atoms with E-state index in [0.717, 1.165) is 20.2 Å². The molecule has 11 heteroatoms. The van der Waals surface area contributed by atoms with Crippen molar-refractivity contribution >= 4 is 65.2 Å². The Bertz CT molecular complexity index is 1290. The van der Waals surface area contributed by atoms with Crippen molar-refractivity contribution in [2.24, 2.45) is 0 Å². The van der Waals surface area contributed by atoms with Crippen molar-refractivity contribution in [2.75, 3.05) is 26.2 Å². The van der Waals surface area contributed by atoms with Gasteiger partial charge in [-0.3, -0.25) is 9.20 Å². The molecule has 5 heterocycles. The summed E-state index contributed by atoms with van der Waals surface area (Å²) >= 11 is 4.23. The molecule has 0 spiro atoms. The van der Waals surface area contributed by atoms with Crippen LogP contribution in [0.4, 0.5) is 0 Å². The van der Waals surface area contributed by atoms with Crippen LogP contribution < -0.4 is 0 Å². The van der Waals surface area contributed by atoms with Crippen molar-refractivity contribution in [1.29, 1.82) is 0 Å². The van der Waals surface area contributed by atoms with Crippen molar-refractivity contribution in [3.8, 4) is 0 Å². The van der Waals surface area contributed by atoms with Crippen molar-refractivity contribution in [3.63, 3.8) is 0 Å². The number of nitrogens with zero attached hydrogens (tertiary/aromatic N) is 4. The third kappa shape index (κ3) is 2.89. The van der Waals surface area contributed by atoms with E-state index in [1.54, 1.807) is 22.3 Å². The van der Waals surface area contributed by atoms with Gasteiger partial charge in [0.25, 0.3) is 15.9 Å². The summed E-state index contributed by atoms with van der Waals surface area (Å²) in [5.74, 6) is -0.0593. The highest BCUT2D eigenvalue weighted by Gasteiger charge is 2.32. The van der Waals surface area contributed by atoms with Gasteiger partial charge in [-0.05, 0) is 25.1 Å². The third-order valence-corrected chi connectivity index (χ3v) is 9.92. The summed E-state index contributed by atoms with van der Waals surface area (Å²) in [5.41, 5.74) is 0.943. The summed E-state index contributed by atoms with van der Waals surface area (Å²) in [7, 11) is -3.48. The molecule has 0 saturated carbocycles. The molecule has 1 amide bonds. The van der Waals surface area contributed by atoms with Crippen molar-refractivity contribution < 1.29 is 13.2 Å². The molecule has 0 bridgehead atoms. The molecule has 0 unspecified atom stereocenters. The molecule has 0 aliphatic carbocycles. The van der Waals surface area contributed by atoms with E-state index in [1.807, 2.05) is 35.0 Å². The smallest absolute Gasteiger partial charge is 0.264 e. The van der Waals surface area contributed by atoms with Crippen LogP contribution in [0, 0.1) is 6.92 Å². The Labute approximate surface area is 173 Å². The van der Waals surface area contributed by atoms with E-state index in [1.165, 1.54) is 27.0 Å². The average molecular weight is 453 g/mol. The minimum atomic E-state index is -3.48. The van der Waals surface area contributed by atoms with Crippen LogP contribution in [0.3, 0.4) is 0 Å². The normalized spacial score (nSPS) is 16.4. The van der Waals surface area contributed by atoms with E-state index in [9.17, 15) is 13.2 Å².